The quantitative estimate of drug-likeness (QED) is 0.463. The van der Waals surface area contributed by atoms with E-state index in [9.17, 15) is 14.0 Å². The van der Waals surface area contributed by atoms with Crippen LogP contribution in [0, 0.1) is 5.82 Å². The van der Waals surface area contributed by atoms with E-state index in [4.69, 9.17) is 0 Å². The van der Waals surface area contributed by atoms with Crippen LogP contribution in [0.4, 0.5) is 4.39 Å². The molecule has 2 aromatic carbocycles. The summed E-state index contributed by atoms with van der Waals surface area (Å²) in [5.74, 6) is -0.623. The van der Waals surface area contributed by atoms with E-state index in [0.717, 1.165) is 15.0 Å². The Morgan fingerprint density at radius 1 is 0.893 bits per heavy atom. The minimum Gasteiger partial charge on any atom is -0.354 e. The van der Waals surface area contributed by atoms with Gasteiger partial charge in [0, 0.05) is 27.9 Å². The third-order valence-electron chi connectivity index (χ3n) is 4.28. The number of thiophene rings is 2. The smallest absolute Gasteiger partial charge is 0.261 e. The molecule has 4 nitrogen and oxygen atoms in total. The van der Waals surface area contributed by atoms with E-state index in [0.29, 0.717) is 18.0 Å². The molecule has 0 aliphatic heterocycles. The van der Waals surface area contributed by atoms with Gasteiger partial charge >= 0.3 is 0 Å². The second-order valence-electron chi connectivity index (χ2n) is 6.31. The Bertz CT molecular complexity index is 1150. The summed E-state index contributed by atoms with van der Waals surface area (Å²) in [5, 5.41) is 6.77. The minimum absolute atomic E-state index is 0.134. The normalized spacial score (nSPS) is 11.0. The van der Waals surface area contributed by atoms with Gasteiger partial charge in [-0.05, 0) is 29.8 Å². The number of hydrogen-bond donors (Lipinski definition) is 2. The van der Waals surface area contributed by atoms with Crippen LogP contribution in [-0.2, 0) is 11.2 Å². The van der Waals surface area contributed by atoms with E-state index in [1.165, 1.54) is 33.6 Å². The predicted molar refractivity (Wildman–Crippen MR) is 113 cm³/mol. The Morgan fingerprint density at radius 3 is 2.46 bits per heavy atom. The highest BCUT2D eigenvalue weighted by atomic mass is 32.1. The summed E-state index contributed by atoms with van der Waals surface area (Å²) in [6.45, 7) is 0.689. The van der Waals surface area contributed by atoms with Crippen molar-refractivity contribution in [3.63, 3.8) is 0 Å². The molecule has 2 heterocycles. The molecule has 28 heavy (non-hydrogen) atoms. The molecule has 142 valence electrons. The molecule has 0 saturated heterocycles. The van der Waals surface area contributed by atoms with Crippen molar-refractivity contribution in [1.82, 2.24) is 10.6 Å². The topological polar surface area (TPSA) is 58.2 Å². The Morgan fingerprint density at radius 2 is 1.64 bits per heavy atom. The predicted octanol–water partition coefficient (Wildman–Crippen LogP) is 4.34. The van der Waals surface area contributed by atoms with E-state index < -0.39 is 0 Å². The van der Waals surface area contributed by atoms with E-state index in [-0.39, 0.29) is 24.1 Å². The van der Waals surface area contributed by atoms with Crippen LogP contribution in [0.1, 0.15) is 15.2 Å². The minimum atomic E-state index is -0.326. The lowest BCUT2D eigenvalue weighted by Crippen LogP contribution is -2.35. The van der Waals surface area contributed by atoms with Gasteiger partial charge in [0.15, 0.2) is 0 Å². The lowest BCUT2D eigenvalue weighted by molar-refractivity contribution is -0.120. The molecule has 4 aromatic rings. The first-order valence-electron chi connectivity index (χ1n) is 8.80. The van der Waals surface area contributed by atoms with E-state index in [2.05, 4.69) is 22.8 Å². The molecule has 4 rings (SSSR count). The summed E-state index contributed by atoms with van der Waals surface area (Å²) in [4.78, 5) is 24.9. The summed E-state index contributed by atoms with van der Waals surface area (Å²) < 4.78 is 16.3. The van der Waals surface area contributed by atoms with Crippen molar-refractivity contribution in [3.05, 3.63) is 70.9 Å². The van der Waals surface area contributed by atoms with Gasteiger partial charge in [-0.2, -0.15) is 0 Å². The Hall–Kier alpha value is -2.77. The van der Waals surface area contributed by atoms with Crippen molar-refractivity contribution in [1.29, 1.82) is 0 Å². The zero-order valence-electron chi connectivity index (χ0n) is 14.8. The summed E-state index contributed by atoms with van der Waals surface area (Å²) in [6, 6.07) is 15.9. The molecule has 2 aromatic heterocycles. The molecule has 0 spiro atoms. The molecule has 0 fully saturated rings. The van der Waals surface area contributed by atoms with Gasteiger partial charge in [-0.25, -0.2) is 4.39 Å². The first kappa shape index (κ1) is 18.6. The van der Waals surface area contributed by atoms with Gasteiger partial charge < -0.3 is 10.6 Å². The Balaban J connectivity index is 1.28. The number of amides is 2. The van der Waals surface area contributed by atoms with E-state index in [1.54, 1.807) is 23.5 Å². The molecule has 0 aliphatic carbocycles. The third kappa shape index (κ3) is 4.05. The molecule has 2 amide bonds. The van der Waals surface area contributed by atoms with Crippen molar-refractivity contribution in [3.8, 4) is 0 Å². The number of carbonyl (C=O) groups excluding carboxylic acids is 2. The lowest BCUT2D eigenvalue weighted by atomic mass is 10.1. The molecular formula is C21H17FN2O2S2. The Labute approximate surface area is 169 Å². The molecule has 7 heteroatoms. The second-order valence-corrected chi connectivity index (χ2v) is 8.45. The average Bonchev–Trinajstić information content (AvgIpc) is 3.25. The summed E-state index contributed by atoms with van der Waals surface area (Å²) in [5.41, 5.74) is 0.744. The zero-order valence-corrected chi connectivity index (χ0v) is 16.5. The molecule has 0 unspecified atom stereocenters. The molecule has 2 N–H and O–H groups in total. The van der Waals surface area contributed by atoms with Gasteiger partial charge in [0.25, 0.3) is 5.91 Å². The van der Waals surface area contributed by atoms with Gasteiger partial charge in [0.05, 0.1) is 16.0 Å². The standard InChI is InChI=1S/C21H17FN2O2S2/c22-14-7-5-13(6-8-14)11-19(25)23-9-10-24-21(26)18-12-17-20(28-18)15-3-1-2-4-16(15)27-17/h1-8,12H,9-11H2,(H,23,25)(H,24,26). The summed E-state index contributed by atoms with van der Waals surface area (Å²) >= 11 is 3.17. The van der Waals surface area contributed by atoms with E-state index >= 15 is 0 Å². The summed E-state index contributed by atoms with van der Waals surface area (Å²) in [7, 11) is 0. The monoisotopic (exact) mass is 412 g/mol. The maximum atomic E-state index is 12.9. The molecule has 0 saturated carbocycles. The second kappa shape index (κ2) is 8.08. The number of rotatable bonds is 6. The molecule has 0 radical (unpaired) electrons. The van der Waals surface area contributed by atoms with E-state index in [1.807, 2.05) is 18.2 Å². The lowest BCUT2D eigenvalue weighted by Gasteiger charge is -2.06. The largest absolute Gasteiger partial charge is 0.354 e. The first-order chi connectivity index (χ1) is 13.6. The maximum absolute atomic E-state index is 12.9. The van der Waals surface area contributed by atoms with Crippen LogP contribution in [0.5, 0.6) is 0 Å². The fourth-order valence-corrected chi connectivity index (χ4v) is 5.37. The van der Waals surface area contributed by atoms with Gasteiger partial charge in [0.1, 0.15) is 5.82 Å². The van der Waals surface area contributed by atoms with Gasteiger partial charge in [-0.3, -0.25) is 9.59 Å². The average molecular weight is 413 g/mol. The van der Waals surface area contributed by atoms with Crippen molar-refractivity contribution in [2.45, 2.75) is 6.42 Å². The highest BCUT2D eigenvalue weighted by Gasteiger charge is 2.14. The van der Waals surface area contributed by atoms with Crippen molar-refractivity contribution < 1.29 is 14.0 Å². The van der Waals surface area contributed by atoms with Crippen LogP contribution in [-0.4, -0.2) is 24.9 Å². The van der Waals surface area contributed by atoms with Crippen LogP contribution < -0.4 is 10.6 Å². The number of carbonyl (C=O) groups is 2. The fraction of sp³-hybridized carbons (Fsp3) is 0.143. The molecule has 0 bridgehead atoms. The maximum Gasteiger partial charge on any atom is 0.261 e. The first-order valence-corrected chi connectivity index (χ1v) is 10.4. The highest BCUT2D eigenvalue weighted by Crippen LogP contribution is 2.39. The number of nitrogens with one attached hydrogen (secondary N) is 2. The SMILES string of the molecule is O=C(Cc1ccc(F)cc1)NCCNC(=O)c1cc2sc3ccccc3c2s1. The number of fused-ring (bicyclic) bond motifs is 3. The number of benzene rings is 2. The van der Waals surface area contributed by atoms with Crippen molar-refractivity contribution >= 4 is 54.0 Å². The van der Waals surface area contributed by atoms with Crippen LogP contribution in [0.15, 0.2) is 54.6 Å². The number of hydrogen-bond acceptors (Lipinski definition) is 4. The number of halogens is 1. The Kier molecular flexibility index (Phi) is 5.36. The van der Waals surface area contributed by atoms with Gasteiger partial charge in [-0.15, -0.1) is 22.7 Å². The van der Waals surface area contributed by atoms with Crippen LogP contribution in [0.25, 0.3) is 19.5 Å². The molecular weight excluding hydrogens is 395 g/mol. The van der Waals surface area contributed by atoms with Gasteiger partial charge in [0.2, 0.25) is 5.91 Å². The third-order valence-corrected chi connectivity index (χ3v) is 6.70. The van der Waals surface area contributed by atoms with Crippen LogP contribution >= 0.6 is 22.7 Å². The fourth-order valence-electron chi connectivity index (χ4n) is 2.93. The van der Waals surface area contributed by atoms with Gasteiger partial charge in [-0.1, -0.05) is 30.3 Å². The van der Waals surface area contributed by atoms with Crippen molar-refractivity contribution in [2.75, 3.05) is 13.1 Å². The molecule has 0 atom stereocenters. The van der Waals surface area contributed by atoms with Crippen molar-refractivity contribution in [2.24, 2.45) is 0 Å². The molecule has 0 aliphatic rings. The van der Waals surface area contributed by atoms with Crippen LogP contribution in [0.3, 0.4) is 0 Å². The zero-order chi connectivity index (χ0) is 19.5. The summed E-state index contributed by atoms with van der Waals surface area (Å²) in [6.07, 6.45) is 0.183. The van der Waals surface area contributed by atoms with Crippen LogP contribution in [0.2, 0.25) is 0 Å². The highest BCUT2D eigenvalue weighted by molar-refractivity contribution is 7.33.